The molecule has 1 aromatic heterocycles. The van der Waals surface area contributed by atoms with Crippen molar-refractivity contribution < 1.29 is 9.18 Å². The lowest BCUT2D eigenvalue weighted by Crippen LogP contribution is -2.49. The summed E-state index contributed by atoms with van der Waals surface area (Å²) in [5.74, 6) is -0.377. The molecule has 1 aliphatic heterocycles. The van der Waals surface area contributed by atoms with Gasteiger partial charge in [-0.3, -0.25) is 14.7 Å². The number of carbonyl (C=O) groups excluding carboxylic acids is 1. The van der Waals surface area contributed by atoms with Gasteiger partial charge in [-0.05, 0) is 73.0 Å². The Morgan fingerprint density at radius 2 is 1.78 bits per heavy atom. The van der Waals surface area contributed by atoms with Crippen molar-refractivity contribution in [2.24, 2.45) is 0 Å². The fraction of sp³-hybridized carbons (Fsp3) is 0.214. The number of nitrogens with zero attached hydrogens (tertiary/aromatic N) is 3. The molecular weight excluding hydrogens is 495 g/mol. The fourth-order valence-corrected chi connectivity index (χ4v) is 5.40. The third-order valence-electron chi connectivity index (χ3n) is 6.58. The summed E-state index contributed by atoms with van der Waals surface area (Å²) in [5.41, 5.74) is 3.52. The first-order valence-electron chi connectivity index (χ1n) is 11.8. The van der Waals surface area contributed by atoms with E-state index in [0.29, 0.717) is 18.7 Å². The molecule has 36 heavy (non-hydrogen) atoms. The maximum Gasteiger partial charge on any atom is 0.253 e. The summed E-state index contributed by atoms with van der Waals surface area (Å²) in [7, 11) is 0. The molecule has 184 valence electrons. The van der Waals surface area contributed by atoms with Gasteiger partial charge in [-0.15, -0.1) is 0 Å². The Balaban J connectivity index is 1.16. The summed E-state index contributed by atoms with van der Waals surface area (Å²) in [4.78, 5) is 22.8. The number of nitrogens with one attached hydrogen (secondary N) is 1. The van der Waals surface area contributed by atoms with E-state index in [1.54, 1.807) is 18.3 Å². The lowest BCUT2D eigenvalue weighted by molar-refractivity contribution is 0.0582. The summed E-state index contributed by atoms with van der Waals surface area (Å²) in [6.07, 6.45) is 1.80. The smallest absolute Gasteiger partial charge is 0.253 e. The highest BCUT2D eigenvalue weighted by Crippen LogP contribution is 2.28. The topological polar surface area (TPSA) is 48.5 Å². The van der Waals surface area contributed by atoms with Crippen molar-refractivity contribution in [2.45, 2.75) is 17.9 Å². The van der Waals surface area contributed by atoms with E-state index in [4.69, 9.17) is 11.6 Å². The predicted octanol–water partition coefficient (Wildman–Crippen LogP) is 6.67. The number of rotatable bonds is 6. The lowest BCUT2D eigenvalue weighted by Gasteiger charge is -2.38. The number of aromatic nitrogens is 1. The van der Waals surface area contributed by atoms with Gasteiger partial charge in [-0.1, -0.05) is 35.9 Å². The number of amides is 1. The average Bonchev–Trinajstić information content (AvgIpc) is 2.93. The van der Waals surface area contributed by atoms with E-state index >= 15 is 0 Å². The van der Waals surface area contributed by atoms with Crippen LogP contribution in [0.5, 0.6) is 0 Å². The van der Waals surface area contributed by atoms with E-state index in [1.165, 1.54) is 18.0 Å². The highest BCUT2D eigenvalue weighted by molar-refractivity contribution is 8.00. The summed E-state index contributed by atoms with van der Waals surface area (Å²) >= 11 is 7.47. The van der Waals surface area contributed by atoms with Gasteiger partial charge >= 0.3 is 0 Å². The number of piperazine rings is 1. The van der Waals surface area contributed by atoms with Gasteiger partial charge in [-0.2, -0.15) is 0 Å². The summed E-state index contributed by atoms with van der Waals surface area (Å²) in [6, 6.07) is 22.6. The van der Waals surface area contributed by atoms with Crippen LogP contribution in [0.25, 0.3) is 10.9 Å². The van der Waals surface area contributed by atoms with Gasteiger partial charge in [0.2, 0.25) is 0 Å². The number of carbonyl (C=O) groups is 1. The molecule has 8 heteroatoms. The Hall–Kier alpha value is -3.13. The van der Waals surface area contributed by atoms with Gasteiger partial charge < -0.3 is 9.62 Å². The molecule has 4 aromatic rings. The summed E-state index contributed by atoms with van der Waals surface area (Å²) < 4.78 is 16.9. The zero-order chi connectivity index (χ0) is 25.1. The van der Waals surface area contributed by atoms with E-state index in [-0.39, 0.29) is 17.0 Å². The number of hydrogen-bond donors (Lipinski definition) is 1. The van der Waals surface area contributed by atoms with Crippen molar-refractivity contribution in [3.63, 3.8) is 0 Å². The van der Waals surface area contributed by atoms with E-state index in [1.807, 2.05) is 59.5 Å². The van der Waals surface area contributed by atoms with Crippen LogP contribution in [-0.4, -0.2) is 46.9 Å². The van der Waals surface area contributed by atoms with Crippen molar-refractivity contribution in [1.82, 2.24) is 14.8 Å². The third-order valence-corrected chi connectivity index (χ3v) is 7.76. The Labute approximate surface area is 219 Å². The van der Waals surface area contributed by atoms with Gasteiger partial charge in [0.25, 0.3) is 5.91 Å². The Morgan fingerprint density at radius 1 is 1.03 bits per heavy atom. The van der Waals surface area contributed by atoms with Crippen LogP contribution in [-0.2, 0) is 0 Å². The average molecular weight is 521 g/mol. The number of anilines is 1. The molecule has 0 radical (unpaired) electrons. The predicted molar refractivity (Wildman–Crippen MR) is 145 cm³/mol. The number of fused-ring (bicyclic) bond motifs is 1. The number of halogens is 2. The SMILES string of the molecule is CC(c1ccc(F)c(Cl)c1)N1CCN(C(=O)c2ccc(NSc3cccc4cccnc34)cc2)CC1. The van der Waals surface area contributed by atoms with Crippen molar-refractivity contribution in [3.05, 3.63) is 101 Å². The second-order valence-corrected chi connectivity index (χ2v) is 10.0. The molecule has 1 atom stereocenters. The van der Waals surface area contributed by atoms with Gasteiger partial charge in [0.05, 0.1) is 15.4 Å². The Bertz CT molecular complexity index is 1370. The molecule has 1 saturated heterocycles. The number of pyridine rings is 1. The molecule has 0 bridgehead atoms. The van der Waals surface area contributed by atoms with Crippen LogP contribution in [0.4, 0.5) is 10.1 Å². The fourth-order valence-electron chi connectivity index (χ4n) is 4.43. The third kappa shape index (κ3) is 5.33. The molecule has 2 heterocycles. The van der Waals surface area contributed by atoms with Crippen LogP contribution in [0, 0.1) is 5.82 Å². The zero-order valence-electron chi connectivity index (χ0n) is 19.8. The van der Waals surface area contributed by atoms with E-state index in [9.17, 15) is 9.18 Å². The van der Waals surface area contributed by atoms with Crippen LogP contribution in [0.2, 0.25) is 5.02 Å². The van der Waals surface area contributed by atoms with Crippen LogP contribution >= 0.6 is 23.5 Å². The number of hydrogen-bond acceptors (Lipinski definition) is 5. The molecule has 5 rings (SSSR count). The first kappa shape index (κ1) is 24.6. The lowest BCUT2D eigenvalue weighted by atomic mass is 10.1. The largest absolute Gasteiger partial charge is 0.336 e. The van der Waals surface area contributed by atoms with Crippen molar-refractivity contribution in [2.75, 3.05) is 30.9 Å². The molecule has 1 aliphatic rings. The first-order chi connectivity index (χ1) is 17.5. The summed E-state index contributed by atoms with van der Waals surface area (Å²) in [6.45, 7) is 4.86. The molecule has 1 fully saturated rings. The van der Waals surface area contributed by atoms with Gasteiger partial charge in [0.15, 0.2) is 0 Å². The second kappa shape index (κ2) is 10.9. The maximum absolute atomic E-state index is 13.5. The van der Waals surface area contributed by atoms with Crippen molar-refractivity contribution >= 4 is 46.0 Å². The van der Waals surface area contributed by atoms with Crippen LogP contribution in [0.3, 0.4) is 0 Å². The van der Waals surface area contributed by atoms with E-state index in [2.05, 4.69) is 21.5 Å². The van der Waals surface area contributed by atoms with E-state index in [0.717, 1.165) is 40.1 Å². The highest BCUT2D eigenvalue weighted by atomic mass is 35.5. The van der Waals surface area contributed by atoms with Crippen LogP contribution in [0.15, 0.2) is 83.9 Å². The first-order valence-corrected chi connectivity index (χ1v) is 13.0. The van der Waals surface area contributed by atoms with Crippen molar-refractivity contribution in [1.29, 1.82) is 0 Å². The van der Waals surface area contributed by atoms with Gasteiger partial charge in [-0.25, -0.2) is 4.39 Å². The molecule has 1 N–H and O–H groups in total. The normalized spacial score (nSPS) is 15.1. The van der Waals surface area contributed by atoms with Crippen LogP contribution in [0.1, 0.15) is 28.9 Å². The molecule has 0 aliphatic carbocycles. The maximum atomic E-state index is 13.5. The quantitative estimate of drug-likeness (QED) is 0.288. The standard InChI is InChI=1S/C28H26ClFN4OS/c1-19(22-9-12-25(30)24(29)18-22)33-14-16-34(17-15-33)28(35)21-7-10-23(11-8-21)32-36-26-6-2-4-20-5-3-13-31-27(20)26/h2-13,18-19,32H,14-17H2,1H3. The van der Waals surface area contributed by atoms with E-state index < -0.39 is 5.82 Å². The Kier molecular flexibility index (Phi) is 7.41. The van der Waals surface area contributed by atoms with Crippen molar-refractivity contribution in [3.8, 4) is 0 Å². The molecule has 1 amide bonds. The minimum Gasteiger partial charge on any atom is -0.336 e. The Morgan fingerprint density at radius 3 is 2.53 bits per heavy atom. The minimum atomic E-state index is -0.409. The molecule has 1 unspecified atom stereocenters. The molecular formula is C28H26ClFN4OS. The highest BCUT2D eigenvalue weighted by Gasteiger charge is 2.25. The number of para-hydroxylation sites is 1. The molecule has 0 saturated carbocycles. The molecule has 5 nitrogen and oxygen atoms in total. The molecule has 0 spiro atoms. The van der Waals surface area contributed by atoms with Gasteiger partial charge in [0, 0.05) is 55.1 Å². The zero-order valence-corrected chi connectivity index (χ0v) is 21.4. The minimum absolute atomic E-state index is 0.0320. The van der Waals surface area contributed by atoms with Crippen LogP contribution < -0.4 is 4.72 Å². The summed E-state index contributed by atoms with van der Waals surface area (Å²) in [5, 5.41) is 1.24. The number of benzene rings is 3. The second-order valence-electron chi connectivity index (χ2n) is 8.79. The monoisotopic (exact) mass is 520 g/mol. The molecule has 3 aromatic carbocycles. The van der Waals surface area contributed by atoms with Gasteiger partial charge in [0.1, 0.15) is 5.82 Å².